The maximum atomic E-state index is 13.4. The number of H-pyrrole nitrogens is 1. The minimum absolute atomic E-state index is 0.144. The van der Waals surface area contributed by atoms with Crippen LogP contribution >= 0.6 is 0 Å². The van der Waals surface area contributed by atoms with Crippen molar-refractivity contribution in [1.29, 1.82) is 0 Å². The zero-order valence-corrected chi connectivity index (χ0v) is 16.9. The van der Waals surface area contributed by atoms with Crippen LogP contribution in [0, 0.1) is 13.8 Å². The lowest BCUT2D eigenvalue weighted by Gasteiger charge is -2.21. The van der Waals surface area contributed by atoms with E-state index in [0.717, 1.165) is 16.8 Å². The smallest absolute Gasteiger partial charge is 0.258 e. The molecule has 0 radical (unpaired) electrons. The van der Waals surface area contributed by atoms with Gasteiger partial charge in [0, 0.05) is 19.3 Å². The van der Waals surface area contributed by atoms with Crippen LogP contribution in [0.15, 0.2) is 35.1 Å². The van der Waals surface area contributed by atoms with E-state index in [1.807, 2.05) is 33.9 Å². The second-order valence-corrected chi connectivity index (χ2v) is 7.07. The molecule has 3 aromatic heterocycles. The summed E-state index contributed by atoms with van der Waals surface area (Å²) < 4.78 is 1.69. The van der Waals surface area contributed by atoms with Crippen molar-refractivity contribution in [3.8, 4) is 0 Å². The number of nitrogens with one attached hydrogen (secondary N) is 1. The van der Waals surface area contributed by atoms with Crippen LogP contribution in [-0.4, -0.2) is 42.1 Å². The summed E-state index contributed by atoms with van der Waals surface area (Å²) in [6.45, 7) is 6.31. The van der Waals surface area contributed by atoms with Gasteiger partial charge in [-0.15, -0.1) is 0 Å². The molecular formula is C21H22N6O2. The fourth-order valence-electron chi connectivity index (χ4n) is 3.63. The highest BCUT2D eigenvalue weighted by Crippen LogP contribution is 2.23. The largest absolute Gasteiger partial charge is 0.331 e. The molecule has 0 aliphatic rings. The highest BCUT2D eigenvalue weighted by atomic mass is 16.2. The summed E-state index contributed by atoms with van der Waals surface area (Å²) in [6.07, 6.45) is 0. The number of carbonyl (C=O) groups is 1. The van der Waals surface area contributed by atoms with E-state index < -0.39 is 0 Å². The standard InChI is InChI=1S/C21H22N6O2/c1-5-27(11-17-23-16-9-7-6-8-14(16)20(28)24-17)21(29)15-10-12(2)22-19-18(15)13(3)25-26(19)4/h6-10H,5,11H2,1-4H3,(H,23,24,28). The van der Waals surface area contributed by atoms with Gasteiger partial charge in [0.15, 0.2) is 5.65 Å². The van der Waals surface area contributed by atoms with Gasteiger partial charge in [-0.1, -0.05) is 12.1 Å². The Bertz CT molecular complexity index is 1300. The van der Waals surface area contributed by atoms with Crippen LogP contribution in [0.5, 0.6) is 0 Å². The van der Waals surface area contributed by atoms with E-state index in [2.05, 4.69) is 20.1 Å². The monoisotopic (exact) mass is 390 g/mol. The third-order valence-electron chi connectivity index (χ3n) is 5.00. The second-order valence-electron chi connectivity index (χ2n) is 7.07. The fraction of sp³-hybridized carbons (Fsp3) is 0.286. The molecule has 0 spiro atoms. The van der Waals surface area contributed by atoms with Crippen molar-refractivity contribution in [2.24, 2.45) is 7.05 Å². The zero-order chi connectivity index (χ0) is 20.7. The third-order valence-corrected chi connectivity index (χ3v) is 5.00. The van der Waals surface area contributed by atoms with Gasteiger partial charge in [0.1, 0.15) is 5.82 Å². The summed E-state index contributed by atoms with van der Waals surface area (Å²) in [5.74, 6) is 0.309. The SMILES string of the molecule is CCN(Cc1nc2ccccc2c(=O)[nH]1)C(=O)c1cc(C)nc2c1c(C)nn2C. The van der Waals surface area contributed by atoms with Gasteiger partial charge >= 0.3 is 0 Å². The summed E-state index contributed by atoms with van der Waals surface area (Å²) in [5, 5.41) is 5.69. The Hall–Kier alpha value is -3.55. The number of benzene rings is 1. The first kappa shape index (κ1) is 18.8. The van der Waals surface area contributed by atoms with Crippen LogP contribution in [0.25, 0.3) is 21.9 Å². The number of rotatable bonds is 4. The molecule has 0 saturated carbocycles. The Morgan fingerprint density at radius 2 is 1.97 bits per heavy atom. The van der Waals surface area contributed by atoms with Crippen LogP contribution in [-0.2, 0) is 13.6 Å². The molecule has 0 bridgehead atoms. The summed E-state index contributed by atoms with van der Waals surface area (Å²) in [7, 11) is 1.82. The molecule has 8 nitrogen and oxygen atoms in total. The maximum Gasteiger partial charge on any atom is 0.258 e. The lowest BCUT2D eigenvalue weighted by Crippen LogP contribution is -2.32. The minimum atomic E-state index is -0.209. The average molecular weight is 390 g/mol. The molecule has 0 saturated heterocycles. The zero-order valence-electron chi connectivity index (χ0n) is 16.9. The van der Waals surface area contributed by atoms with Gasteiger partial charge in [0.25, 0.3) is 11.5 Å². The number of hydrogen-bond acceptors (Lipinski definition) is 5. The third kappa shape index (κ3) is 3.26. The highest BCUT2D eigenvalue weighted by molar-refractivity contribution is 6.06. The van der Waals surface area contributed by atoms with Gasteiger partial charge in [0.2, 0.25) is 0 Å². The molecule has 8 heteroatoms. The number of hydrogen-bond donors (Lipinski definition) is 1. The molecular weight excluding hydrogens is 368 g/mol. The van der Waals surface area contributed by atoms with Crippen LogP contribution in [0.4, 0.5) is 0 Å². The summed E-state index contributed by atoms with van der Waals surface area (Å²) in [6, 6.07) is 8.95. The molecule has 0 aliphatic heterocycles. The van der Waals surface area contributed by atoms with Gasteiger partial charge in [-0.3, -0.25) is 14.3 Å². The lowest BCUT2D eigenvalue weighted by atomic mass is 10.1. The molecule has 3 heterocycles. The van der Waals surface area contributed by atoms with Crippen molar-refractivity contribution in [2.45, 2.75) is 27.3 Å². The minimum Gasteiger partial charge on any atom is -0.331 e. The van der Waals surface area contributed by atoms with Crippen molar-refractivity contribution in [1.82, 2.24) is 29.6 Å². The topological polar surface area (TPSA) is 96.8 Å². The predicted molar refractivity (Wildman–Crippen MR) is 111 cm³/mol. The van der Waals surface area contributed by atoms with E-state index in [9.17, 15) is 9.59 Å². The molecule has 0 fully saturated rings. The molecule has 148 valence electrons. The fourth-order valence-corrected chi connectivity index (χ4v) is 3.63. The van der Waals surface area contributed by atoms with Gasteiger partial charge in [-0.25, -0.2) is 9.97 Å². The van der Waals surface area contributed by atoms with Crippen LogP contribution in [0.2, 0.25) is 0 Å². The first-order valence-corrected chi connectivity index (χ1v) is 9.47. The average Bonchev–Trinajstić information content (AvgIpc) is 2.98. The van der Waals surface area contributed by atoms with E-state index in [1.165, 1.54) is 0 Å². The van der Waals surface area contributed by atoms with E-state index in [-0.39, 0.29) is 18.0 Å². The Morgan fingerprint density at radius 1 is 1.21 bits per heavy atom. The van der Waals surface area contributed by atoms with Gasteiger partial charge in [0.05, 0.1) is 34.1 Å². The molecule has 1 aromatic carbocycles. The first-order valence-electron chi connectivity index (χ1n) is 9.47. The molecule has 1 N–H and O–H groups in total. The normalized spacial score (nSPS) is 11.3. The Kier molecular flexibility index (Phi) is 4.62. The van der Waals surface area contributed by atoms with Crippen molar-refractivity contribution < 1.29 is 4.79 Å². The lowest BCUT2D eigenvalue weighted by molar-refractivity contribution is 0.0750. The number of carbonyl (C=O) groups excluding carboxylic acids is 1. The van der Waals surface area contributed by atoms with Crippen molar-refractivity contribution in [3.63, 3.8) is 0 Å². The van der Waals surface area contributed by atoms with Crippen LogP contribution in [0.3, 0.4) is 0 Å². The molecule has 0 unspecified atom stereocenters. The quantitative estimate of drug-likeness (QED) is 0.577. The molecule has 4 rings (SSSR count). The number of nitrogens with zero attached hydrogens (tertiary/aromatic N) is 5. The second kappa shape index (κ2) is 7.12. The van der Waals surface area contributed by atoms with E-state index in [4.69, 9.17) is 0 Å². The number of amides is 1. The number of para-hydroxylation sites is 1. The Balaban J connectivity index is 1.75. The molecule has 4 aromatic rings. The van der Waals surface area contributed by atoms with Crippen molar-refractivity contribution in [2.75, 3.05) is 6.54 Å². The van der Waals surface area contributed by atoms with Crippen LogP contribution < -0.4 is 5.56 Å². The van der Waals surface area contributed by atoms with Crippen molar-refractivity contribution >= 4 is 27.8 Å². The van der Waals surface area contributed by atoms with Gasteiger partial charge in [-0.2, -0.15) is 5.10 Å². The maximum absolute atomic E-state index is 13.4. The van der Waals surface area contributed by atoms with Gasteiger partial charge in [-0.05, 0) is 39.0 Å². The van der Waals surface area contributed by atoms with Crippen molar-refractivity contribution in [3.05, 3.63) is 63.5 Å². The number of pyridine rings is 1. The number of aromatic amines is 1. The number of aromatic nitrogens is 5. The first-order chi connectivity index (χ1) is 13.9. The van der Waals surface area contributed by atoms with Gasteiger partial charge < -0.3 is 9.88 Å². The molecule has 0 atom stereocenters. The number of aryl methyl sites for hydroxylation is 3. The summed E-state index contributed by atoms with van der Waals surface area (Å²) >= 11 is 0. The van der Waals surface area contributed by atoms with E-state index in [0.29, 0.717) is 34.5 Å². The molecule has 29 heavy (non-hydrogen) atoms. The summed E-state index contributed by atoms with van der Waals surface area (Å²) in [4.78, 5) is 39.3. The predicted octanol–water partition coefficient (Wildman–Crippen LogP) is 2.48. The van der Waals surface area contributed by atoms with E-state index >= 15 is 0 Å². The Labute approximate surface area is 167 Å². The van der Waals surface area contributed by atoms with E-state index in [1.54, 1.807) is 33.8 Å². The summed E-state index contributed by atoms with van der Waals surface area (Å²) in [5.41, 5.74) is 3.14. The molecule has 1 amide bonds. The number of fused-ring (bicyclic) bond motifs is 2. The highest BCUT2D eigenvalue weighted by Gasteiger charge is 2.22. The Morgan fingerprint density at radius 3 is 2.72 bits per heavy atom. The van der Waals surface area contributed by atoms with Crippen LogP contribution in [0.1, 0.15) is 34.5 Å². The molecule has 0 aliphatic carbocycles.